The van der Waals surface area contributed by atoms with Crippen LogP contribution in [0.2, 0.25) is 0 Å². The van der Waals surface area contributed by atoms with Gasteiger partial charge in [0.15, 0.2) is 0 Å². The average molecular weight is 2130 g/mol. The van der Waals surface area contributed by atoms with Crippen LogP contribution in [0, 0.1) is 106 Å². The largest absolute Gasteiger partial charge is 0.348 e. The molecule has 0 aliphatic carbocycles. The van der Waals surface area contributed by atoms with Gasteiger partial charge in [-0.05, 0) is 323 Å². The van der Waals surface area contributed by atoms with Gasteiger partial charge in [-0.15, -0.1) is 24.3 Å². The number of para-hydroxylation sites is 6. The van der Waals surface area contributed by atoms with E-state index in [1.165, 1.54) is 189 Å². The summed E-state index contributed by atoms with van der Waals surface area (Å²) in [6.45, 7) is 37.4. The molecule has 27 aromatic rings. The molecule has 13 aromatic heterocycles. The number of hydrogen-bond donors (Lipinski definition) is 0. The number of aromatic nitrogens is 13. The fourth-order valence-electron chi connectivity index (χ4n) is 23.9. The average Bonchev–Trinajstić information content (AvgIpc) is 1.56. The Morgan fingerprint density at radius 1 is 0.260 bits per heavy atom. The molecule has 13 heterocycles. The molecule has 0 saturated heterocycles. The van der Waals surface area contributed by atoms with Crippen molar-refractivity contribution in [3.8, 4) is 51.0 Å². The van der Waals surface area contributed by atoms with Crippen molar-refractivity contribution >= 4 is 164 Å². The number of imidazole rings is 2. The van der Waals surface area contributed by atoms with Crippen LogP contribution < -0.4 is 0 Å². The molecule has 0 bridgehead atoms. The van der Waals surface area contributed by atoms with E-state index >= 15 is 0 Å². The van der Waals surface area contributed by atoms with Crippen molar-refractivity contribution in [3.05, 3.63) is 424 Å². The van der Waals surface area contributed by atoms with Crippen LogP contribution in [-0.2, 0) is 39.4 Å². The number of nitrogens with zero attached hydrogens (tertiary/aromatic N) is 13. The van der Waals surface area contributed by atoms with E-state index in [4.69, 9.17) is 29.9 Å². The first-order chi connectivity index (χ1) is 72.5. The maximum atomic E-state index is 5.14. The van der Waals surface area contributed by atoms with E-state index in [2.05, 4.69) is 458 Å². The van der Waals surface area contributed by atoms with Crippen molar-refractivity contribution in [2.75, 3.05) is 0 Å². The second kappa shape index (κ2) is 39.4. The predicted molar refractivity (Wildman–Crippen MR) is 626 cm³/mol. The number of fused-ring (bicyclic) bond motifs is 27. The normalized spacial score (nSPS) is 12.5. The molecule has 0 aliphatic heterocycles. The summed E-state index contributed by atoms with van der Waals surface area (Å²) in [5, 5.41) is 14.2. The zero-order chi connectivity index (χ0) is 102. The number of rotatable bonds is 16. The van der Waals surface area contributed by atoms with Crippen molar-refractivity contribution in [2.24, 2.45) is 17.8 Å². The number of benzene rings is 14. The number of pyridine rings is 6. The van der Waals surface area contributed by atoms with E-state index in [9.17, 15) is 0 Å². The monoisotopic (exact) mass is 2130 g/mol. The van der Waals surface area contributed by atoms with Gasteiger partial charge >= 0.3 is 0 Å². The Labute approximate surface area is 888 Å². The third-order valence-corrected chi connectivity index (χ3v) is 31.3. The summed E-state index contributed by atoms with van der Waals surface area (Å²) in [5.74, 6) is 1.88. The minimum atomic E-state index is 0. The van der Waals surface area contributed by atoms with Crippen molar-refractivity contribution in [1.29, 1.82) is 0 Å². The molecule has 150 heavy (non-hydrogen) atoms. The summed E-state index contributed by atoms with van der Waals surface area (Å²) >= 11 is 0. The van der Waals surface area contributed by atoms with E-state index in [0.717, 1.165) is 143 Å². The standard InChI is InChI=1S/C47H37N3.C33H28N4.C30H32N3.C26H24N3.Ir/c1-3-31(2)28-32-20-22-33(23-21-32)48-46-26-24-34(49-42-16-8-4-12-36(42)37-13-5-9-17-43(37)49)29-40(46)41-30-35(25-27-47(41)48)50-44-18-10-6-14-38(44)39-15-7-11-19-45(39)50;1-3-22(2)18-23-19-24(36-28-12-6-4-10-26(28)32-30(36)14-8-16-34-32)21-25(20-23)37-29-13-7-5-11-27(29)33-31(37)15-9-17-35-33;1-8-17(2)15-23-10-12-25-28(32-23)24-11-9-18(3)16-26(24)33-29(22(7)31-30(25)33)27-20(5)13-19(4)14-21(27)6;1-14-7-9-20-22(13-14)29-25(23-16(3)11-15(2)12-17(23)4)19(6)28-26(29)21-10-8-18(5)27-24(20)21;/h4-27,29-31H,3,28H2,1-2H3;4-17,19-22H,3,18H2,1-2H3;9-11,13-14,16-17H,8,15H2,1-7H3;7-9,11-13H,1-6H3;/q;;2*-1;. The van der Waals surface area contributed by atoms with E-state index in [0.29, 0.717) is 17.8 Å². The molecule has 3 atom stereocenters. The Balaban J connectivity index is 0.000000112. The topological polar surface area (TPSA) is 111 Å². The van der Waals surface area contributed by atoms with E-state index in [1.807, 2.05) is 37.5 Å². The second-order valence-corrected chi connectivity index (χ2v) is 42.0. The van der Waals surface area contributed by atoms with Gasteiger partial charge in [-0.3, -0.25) is 19.9 Å². The van der Waals surface area contributed by atoms with Gasteiger partial charge in [-0.2, -0.15) is 0 Å². The second-order valence-electron chi connectivity index (χ2n) is 42.0. The molecule has 0 fully saturated rings. The van der Waals surface area contributed by atoms with Gasteiger partial charge in [0.1, 0.15) is 0 Å². The van der Waals surface area contributed by atoms with Crippen LogP contribution in [0.5, 0.6) is 0 Å². The fraction of sp³-hybridized carbons (Fsp3) is 0.191. The molecule has 0 aliphatic rings. The molecule has 0 amide bonds. The van der Waals surface area contributed by atoms with Crippen LogP contribution in [0.25, 0.3) is 215 Å². The first kappa shape index (κ1) is 97.2. The molecular formula is C136H121IrN13-2. The van der Waals surface area contributed by atoms with Crippen molar-refractivity contribution < 1.29 is 20.1 Å². The Kier molecular flexibility index (Phi) is 25.5. The zero-order valence-corrected chi connectivity index (χ0v) is 90.8. The van der Waals surface area contributed by atoms with Crippen molar-refractivity contribution in [1.82, 2.24) is 61.5 Å². The molecule has 14 heteroatoms. The molecule has 3 unspecified atom stereocenters. The molecule has 0 spiro atoms. The van der Waals surface area contributed by atoms with Crippen molar-refractivity contribution in [2.45, 2.75) is 156 Å². The summed E-state index contributed by atoms with van der Waals surface area (Å²) in [5.41, 5.74) is 47.9. The fourth-order valence-corrected chi connectivity index (χ4v) is 23.9. The predicted octanol–water partition coefficient (Wildman–Crippen LogP) is 34.8. The van der Waals surface area contributed by atoms with Crippen LogP contribution in [0.4, 0.5) is 0 Å². The van der Waals surface area contributed by atoms with Gasteiger partial charge in [-0.25, -0.2) is 0 Å². The summed E-state index contributed by atoms with van der Waals surface area (Å²) in [6, 6.07) is 124. The van der Waals surface area contributed by atoms with Crippen LogP contribution in [0.3, 0.4) is 0 Å². The molecule has 1 radical (unpaired) electrons. The van der Waals surface area contributed by atoms with Crippen LogP contribution in [0.1, 0.15) is 139 Å². The number of hydrogen-bond acceptors (Lipinski definition) is 6. The SMILES string of the molecule is CCC(C)Cc1c[c-]c2c(n1)c1ccc(C)cc1n1c(-c3c(C)cc(C)cc3C)c(C)nc21.CCC(C)Cc1cc(-n2c3ccccc3c3ncccc32)cc(-n2c3ccccc3c3ncccc32)c1.CCC(C)Cc1ccc(-n2c3ccc(-n4c5ccccc5c5ccccc54)cc3c3cc(-n4c5ccccc5c5ccccc54)ccc32)cc1.Cc1cc(C)c(-c2c(C)nc3c4[c-]cc(C)nc4c4ccc(C)cc4n23)c(C)c1.[Ir]. The zero-order valence-electron chi connectivity index (χ0n) is 88.4. The van der Waals surface area contributed by atoms with Gasteiger partial charge < -0.3 is 41.6 Å². The van der Waals surface area contributed by atoms with Crippen LogP contribution >= 0.6 is 0 Å². The van der Waals surface area contributed by atoms with E-state index in [1.54, 1.807) is 0 Å². The smallest absolute Gasteiger partial charge is 0.0963 e. The third kappa shape index (κ3) is 16.8. The van der Waals surface area contributed by atoms with Gasteiger partial charge in [0.2, 0.25) is 0 Å². The first-order valence-electron chi connectivity index (χ1n) is 52.9. The van der Waals surface area contributed by atoms with Crippen molar-refractivity contribution in [3.63, 3.8) is 0 Å². The van der Waals surface area contributed by atoms with Gasteiger partial charge in [0.05, 0.1) is 100 Å². The Hall–Kier alpha value is -16.3. The molecule has 13 nitrogen and oxygen atoms in total. The maximum Gasteiger partial charge on any atom is 0.0963 e. The van der Waals surface area contributed by atoms with Crippen LogP contribution in [-0.4, -0.2) is 61.5 Å². The number of aryl methyl sites for hydroxylation is 11. The van der Waals surface area contributed by atoms with E-state index < -0.39 is 0 Å². The molecule has 0 N–H and O–H groups in total. The van der Waals surface area contributed by atoms with Crippen LogP contribution in [0.15, 0.2) is 334 Å². The Bertz CT molecular complexity index is 9500. The Morgan fingerprint density at radius 3 is 1.02 bits per heavy atom. The summed E-state index contributed by atoms with van der Waals surface area (Å²) in [4.78, 5) is 29.6. The van der Waals surface area contributed by atoms with E-state index in [-0.39, 0.29) is 20.1 Å². The summed E-state index contributed by atoms with van der Waals surface area (Å²) < 4.78 is 16.7. The third-order valence-electron chi connectivity index (χ3n) is 31.3. The summed E-state index contributed by atoms with van der Waals surface area (Å²) in [7, 11) is 0. The van der Waals surface area contributed by atoms with Gasteiger partial charge in [0.25, 0.3) is 0 Å². The molecule has 27 rings (SSSR count). The minimum absolute atomic E-state index is 0. The maximum absolute atomic E-state index is 5.14. The summed E-state index contributed by atoms with van der Waals surface area (Å²) in [6.07, 6.45) is 10.4. The van der Waals surface area contributed by atoms with Gasteiger partial charge in [-0.1, -0.05) is 259 Å². The molecular weight excluding hydrogens is 2010 g/mol. The molecule has 741 valence electrons. The molecule has 14 aromatic carbocycles. The van der Waals surface area contributed by atoms with Gasteiger partial charge in [0, 0.05) is 126 Å². The minimum Gasteiger partial charge on any atom is -0.348 e. The first-order valence-corrected chi connectivity index (χ1v) is 52.9. The Morgan fingerprint density at radius 2 is 0.600 bits per heavy atom. The molecule has 0 saturated carbocycles. The quantitative estimate of drug-likeness (QED) is 0.0704.